The van der Waals surface area contributed by atoms with Crippen LogP contribution in [0.5, 0.6) is 0 Å². The maximum absolute atomic E-state index is 12.1. The van der Waals surface area contributed by atoms with Crippen molar-refractivity contribution in [3.63, 3.8) is 0 Å². The van der Waals surface area contributed by atoms with Gasteiger partial charge in [-0.05, 0) is 37.3 Å². The van der Waals surface area contributed by atoms with Gasteiger partial charge in [-0.1, -0.05) is 15.9 Å². The first-order valence-corrected chi connectivity index (χ1v) is 8.73. The summed E-state index contributed by atoms with van der Waals surface area (Å²) in [5.41, 5.74) is 1.58. The lowest BCUT2D eigenvalue weighted by molar-refractivity contribution is 0.0930. The number of hydrogen-bond acceptors (Lipinski definition) is 4. The average molecular weight is 372 g/mol. The van der Waals surface area contributed by atoms with Gasteiger partial charge in [0.15, 0.2) is 5.76 Å². The fourth-order valence-corrected chi connectivity index (χ4v) is 3.14. The topological polar surface area (TPSA) is 62.5 Å². The number of nitrogens with one attached hydrogen (secondary N) is 1. The SMILES string of the molecule is Cc1c(C(=O)NCCSCCCO)oc2ccc(Br)cc12. The summed E-state index contributed by atoms with van der Waals surface area (Å²) in [4.78, 5) is 12.1. The second-order valence-corrected chi connectivity index (χ2v) is 6.78. The van der Waals surface area contributed by atoms with Crippen LogP contribution in [-0.2, 0) is 0 Å². The summed E-state index contributed by atoms with van der Waals surface area (Å²) >= 11 is 5.14. The van der Waals surface area contributed by atoms with E-state index in [-0.39, 0.29) is 12.5 Å². The Kier molecular flexibility index (Phi) is 6.14. The van der Waals surface area contributed by atoms with Crippen molar-refractivity contribution < 1.29 is 14.3 Å². The molecule has 1 aromatic heterocycles. The number of halogens is 1. The molecule has 1 heterocycles. The van der Waals surface area contributed by atoms with E-state index in [9.17, 15) is 4.79 Å². The van der Waals surface area contributed by atoms with Crippen molar-refractivity contribution in [2.45, 2.75) is 13.3 Å². The van der Waals surface area contributed by atoms with Crippen LogP contribution in [0, 0.1) is 6.92 Å². The summed E-state index contributed by atoms with van der Waals surface area (Å²) in [5, 5.41) is 12.5. The molecule has 0 aliphatic rings. The van der Waals surface area contributed by atoms with Crippen LogP contribution in [0.25, 0.3) is 11.0 Å². The van der Waals surface area contributed by atoms with Crippen LogP contribution in [-0.4, -0.2) is 35.7 Å². The molecule has 0 saturated carbocycles. The predicted octanol–water partition coefficient (Wildman–Crippen LogP) is 3.35. The summed E-state index contributed by atoms with van der Waals surface area (Å²) < 4.78 is 6.60. The molecule has 0 atom stereocenters. The Morgan fingerprint density at radius 1 is 1.43 bits per heavy atom. The van der Waals surface area contributed by atoms with Crippen LogP contribution in [0.15, 0.2) is 27.1 Å². The second kappa shape index (κ2) is 7.87. The zero-order chi connectivity index (χ0) is 15.2. The van der Waals surface area contributed by atoms with E-state index in [1.165, 1.54) is 0 Å². The van der Waals surface area contributed by atoms with Gasteiger partial charge in [0.05, 0.1) is 0 Å². The molecule has 6 heteroatoms. The minimum atomic E-state index is -0.178. The normalized spacial score (nSPS) is 11.0. The molecule has 0 saturated heterocycles. The Morgan fingerprint density at radius 3 is 3.00 bits per heavy atom. The molecular formula is C15H18BrNO3S. The Hall–Kier alpha value is -0.980. The van der Waals surface area contributed by atoms with Gasteiger partial charge in [0, 0.05) is 34.3 Å². The Bertz CT molecular complexity index is 627. The largest absolute Gasteiger partial charge is 0.451 e. The van der Waals surface area contributed by atoms with Crippen LogP contribution < -0.4 is 5.32 Å². The zero-order valence-electron chi connectivity index (χ0n) is 11.8. The number of aliphatic hydroxyl groups is 1. The number of thioether (sulfide) groups is 1. The van der Waals surface area contributed by atoms with E-state index >= 15 is 0 Å². The van der Waals surface area contributed by atoms with Gasteiger partial charge in [-0.2, -0.15) is 11.8 Å². The smallest absolute Gasteiger partial charge is 0.287 e. The van der Waals surface area contributed by atoms with Gasteiger partial charge in [0.2, 0.25) is 0 Å². The molecule has 0 aliphatic heterocycles. The number of amides is 1. The molecule has 114 valence electrons. The molecule has 1 aromatic carbocycles. The molecule has 2 N–H and O–H groups in total. The van der Waals surface area contributed by atoms with E-state index in [1.54, 1.807) is 11.8 Å². The van der Waals surface area contributed by atoms with E-state index in [2.05, 4.69) is 21.2 Å². The quantitative estimate of drug-likeness (QED) is 0.732. The molecule has 0 spiro atoms. The number of carbonyl (C=O) groups is 1. The van der Waals surface area contributed by atoms with Gasteiger partial charge in [-0.15, -0.1) is 0 Å². The number of aliphatic hydroxyl groups excluding tert-OH is 1. The van der Waals surface area contributed by atoms with Crippen molar-refractivity contribution in [1.29, 1.82) is 0 Å². The van der Waals surface area contributed by atoms with Gasteiger partial charge in [0.1, 0.15) is 5.58 Å². The Morgan fingerprint density at radius 2 is 2.24 bits per heavy atom. The molecule has 1 amide bonds. The maximum atomic E-state index is 12.1. The summed E-state index contributed by atoms with van der Waals surface area (Å²) in [5.74, 6) is 1.94. The average Bonchev–Trinajstić information content (AvgIpc) is 2.79. The molecular weight excluding hydrogens is 354 g/mol. The first kappa shape index (κ1) is 16.4. The van der Waals surface area contributed by atoms with E-state index in [1.807, 2.05) is 25.1 Å². The minimum absolute atomic E-state index is 0.178. The third-order valence-electron chi connectivity index (χ3n) is 3.08. The lowest BCUT2D eigenvalue weighted by atomic mass is 10.1. The van der Waals surface area contributed by atoms with Gasteiger partial charge in [-0.25, -0.2) is 0 Å². The van der Waals surface area contributed by atoms with Gasteiger partial charge in [-0.3, -0.25) is 4.79 Å². The van der Waals surface area contributed by atoms with Crippen LogP contribution in [0.2, 0.25) is 0 Å². The number of rotatable bonds is 7. The fraction of sp³-hybridized carbons (Fsp3) is 0.400. The van der Waals surface area contributed by atoms with Crippen LogP contribution >= 0.6 is 27.7 Å². The predicted molar refractivity (Wildman–Crippen MR) is 90.0 cm³/mol. The molecule has 0 bridgehead atoms. The van der Waals surface area contributed by atoms with Crippen molar-refractivity contribution >= 4 is 44.6 Å². The summed E-state index contributed by atoms with van der Waals surface area (Å²) in [6.45, 7) is 2.70. The Balaban J connectivity index is 1.95. The van der Waals surface area contributed by atoms with Crippen LogP contribution in [0.1, 0.15) is 22.5 Å². The summed E-state index contributed by atoms with van der Waals surface area (Å²) in [6, 6.07) is 5.70. The van der Waals surface area contributed by atoms with Crippen molar-refractivity contribution in [2.75, 3.05) is 24.7 Å². The highest BCUT2D eigenvalue weighted by molar-refractivity contribution is 9.10. The van der Waals surface area contributed by atoms with Crippen LogP contribution in [0.4, 0.5) is 0 Å². The maximum Gasteiger partial charge on any atom is 0.287 e. The minimum Gasteiger partial charge on any atom is -0.451 e. The van der Waals surface area contributed by atoms with E-state index < -0.39 is 0 Å². The lowest BCUT2D eigenvalue weighted by Gasteiger charge is -2.03. The van der Waals surface area contributed by atoms with Gasteiger partial charge in [0.25, 0.3) is 5.91 Å². The van der Waals surface area contributed by atoms with Crippen LogP contribution in [0.3, 0.4) is 0 Å². The zero-order valence-corrected chi connectivity index (χ0v) is 14.2. The molecule has 0 fully saturated rings. The van der Waals surface area contributed by atoms with E-state index in [4.69, 9.17) is 9.52 Å². The molecule has 0 aliphatic carbocycles. The van der Waals surface area contributed by atoms with Gasteiger partial charge >= 0.3 is 0 Å². The first-order chi connectivity index (χ1) is 10.1. The number of fused-ring (bicyclic) bond motifs is 1. The van der Waals surface area contributed by atoms with Crippen molar-refractivity contribution in [2.24, 2.45) is 0 Å². The van der Waals surface area contributed by atoms with Crippen molar-refractivity contribution in [3.05, 3.63) is 34.0 Å². The number of aryl methyl sites for hydroxylation is 1. The number of hydrogen-bond donors (Lipinski definition) is 2. The highest BCUT2D eigenvalue weighted by atomic mass is 79.9. The van der Waals surface area contributed by atoms with E-state index in [0.29, 0.717) is 12.3 Å². The second-order valence-electron chi connectivity index (χ2n) is 4.64. The third kappa shape index (κ3) is 4.25. The monoisotopic (exact) mass is 371 g/mol. The highest BCUT2D eigenvalue weighted by Gasteiger charge is 2.17. The Labute approximate surface area is 136 Å². The number of benzene rings is 1. The molecule has 4 nitrogen and oxygen atoms in total. The summed E-state index contributed by atoms with van der Waals surface area (Å²) in [6.07, 6.45) is 0.788. The first-order valence-electron chi connectivity index (χ1n) is 6.79. The highest BCUT2D eigenvalue weighted by Crippen LogP contribution is 2.27. The fourth-order valence-electron chi connectivity index (χ4n) is 2.00. The molecule has 2 rings (SSSR count). The third-order valence-corrected chi connectivity index (χ3v) is 4.65. The molecule has 21 heavy (non-hydrogen) atoms. The molecule has 0 unspecified atom stereocenters. The lowest BCUT2D eigenvalue weighted by Crippen LogP contribution is -2.26. The standard InChI is InChI=1S/C15H18BrNO3S/c1-10-12-9-11(16)3-4-13(12)20-14(10)15(19)17-5-8-21-7-2-6-18/h3-4,9,18H,2,5-8H2,1H3,(H,17,19). The summed E-state index contributed by atoms with van der Waals surface area (Å²) in [7, 11) is 0. The van der Waals surface area contributed by atoms with Crippen molar-refractivity contribution in [3.8, 4) is 0 Å². The van der Waals surface area contributed by atoms with E-state index in [0.717, 1.165) is 38.9 Å². The molecule has 0 radical (unpaired) electrons. The van der Waals surface area contributed by atoms with Gasteiger partial charge < -0.3 is 14.8 Å². The molecule has 2 aromatic rings. The number of carbonyl (C=O) groups excluding carboxylic acids is 1. The number of furan rings is 1. The van der Waals surface area contributed by atoms with Crippen molar-refractivity contribution in [1.82, 2.24) is 5.32 Å².